The Balaban J connectivity index is 1.39. The number of hydrogen-bond acceptors (Lipinski definition) is 4. The van der Waals surface area contributed by atoms with Gasteiger partial charge in [0.05, 0.1) is 23.1 Å². The Hall–Kier alpha value is -3.61. The van der Waals surface area contributed by atoms with Crippen molar-refractivity contribution >= 4 is 12.0 Å². The third kappa shape index (κ3) is 5.77. The van der Waals surface area contributed by atoms with Gasteiger partial charge in [0.2, 0.25) is 0 Å². The number of aromatic nitrogens is 2. The third-order valence-corrected chi connectivity index (χ3v) is 7.55. The van der Waals surface area contributed by atoms with Gasteiger partial charge in [-0.2, -0.15) is 5.10 Å². The zero-order valence-corrected chi connectivity index (χ0v) is 22.7. The average molecular weight is 515 g/mol. The molecular weight excluding hydrogens is 476 g/mol. The van der Waals surface area contributed by atoms with E-state index in [0.29, 0.717) is 24.6 Å². The predicted molar refractivity (Wildman–Crippen MR) is 148 cm³/mol. The van der Waals surface area contributed by atoms with E-state index in [1.165, 1.54) is 5.56 Å². The highest BCUT2D eigenvalue weighted by atomic mass is 16.6. The summed E-state index contributed by atoms with van der Waals surface area (Å²) in [5.74, 6) is 0.515. The summed E-state index contributed by atoms with van der Waals surface area (Å²) >= 11 is 0. The van der Waals surface area contributed by atoms with E-state index in [4.69, 9.17) is 9.84 Å². The molecule has 1 aromatic heterocycles. The molecular formula is C31H38N4O3. The molecule has 5 rings (SSSR count). The second kappa shape index (κ2) is 11.0. The molecule has 3 heterocycles. The van der Waals surface area contributed by atoms with Crippen molar-refractivity contribution in [2.45, 2.75) is 63.9 Å². The van der Waals surface area contributed by atoms with Gasteiger partial charge in [0, 0.05) is 38.0 Å². The second-order valence-electron chi connectivity index (χ2n) is 11.4. The molecule has 2 fully saturated rings. The molecule has 0 spiro atoms. The van der Waals surface area contributed by atoms with Crippen LogP contribution in [0, 0.1) is 0 Å². The minimum Gasteiger partial charge on any atom is -0.444 e. The van der Waals surface area contributed by atoms with E-state index in [1.54, 1.807) is 11.1 Å². The van der Waals surface area contributed by atoms with Crippen LogP contribution in [0.1, 0.15) is 79.9 Å². The Morgan fingerprint density at radius 1 is 0.842 bits per heavy atom. The first-order valence-corrected chi connectivity index (χ1v) is 13.8. The molecule has 2 saturated heterocycles. The van der Waals surface area contributed by atoms with Crippen molar-refractivity contribution in [2.24, 2.45) is 0 Å². The van der Waals surface area contributed by atoms with Gasteiger partial charge in [0.25, 0.3) is 5.91 Å². The molecule has 1 atom stereocenters. The monoisotopic (exact) mass is 514 g/mol. The molecule has 38 heavy (non-hydrogen) atoms. The highest BCUT2D eigenvalue weighted by Crippen LogP contribution is 2.34. The quantitative estimate of drug-likeness (QED) is 0.428. The highest BCUT2D eigenvalue weighted by molar-refractivity contribution is 5.95. The van der Waals surface area contributed by atoms with E-state index in [9.17, 15) is 9.59 Å². The normalized spacial score (nSPS) is 18.9. The molecule has 0 N–H and O–H groups in total. The van der Waals surface area contributed by atoms with Crippen molar-refractivity contribution in [1.82, 2.24) is 19.6 Å². The number of benzene rings is 2. The van der Waals surface area contributed by atoms with Crippen LogP contribution in [0.3, 0.4) is 0 Å². The standard InChI is InChI=1S/C31H38N4O3/c1-31(2,3)38-30(37)33-19-16-24(17-20-33)28-27(21-32-35(28)26-14-8-5-9-15-26)29(36)34-18-10-13-25(22-34)23-11-6-4-7-12-23/h4-9,11-12,14-15,21,24-25H,10,13,16-20,22H2,1-3H3/t25-/m1/s1. The largest absolute Gasteiger partial charge is 0.444 e. The number of ether oxygens (including phenoxy) is 1. The lowest BCUT2D eigenvalue weighted by molar-refractivity contribution is 0.0203. The van der Waals surface area contributed by atoms with Crippen molar-refractivity contribution in [3.05, 3.63) is 83.7 Å². The number of piperidine rings is 2. The molecule has 0 radical (unpaired) electrons. The molecule has 3 aromatic rings. The Morgan fingerprint density at radius 2 is 1.50 bits per heavy atom. The van der Waals surface area contributed by atoms with Crippen LogP contribution >= 0.6 is 0 Å². The number of hydrogen-bond donors (Lipinski definition) is 0. The van der Waals surface area contributed by atoms with Crippen molar-refractivity contribution in [1.29, 1.82) is 0 Å². The molecule has 7 heteroatoms. The van der Waals surface area contributed by atoms with Gasteiger partial charge in [-0.05, 0) is 64.2 Å². The highest BCUT2D eigenvalue weighted by Gasteiger charge is 2.34. The van der Waals surface area contributed by atoms with Crippen LogP contribution in [0.4, 0.5) is 4.79 Å². The number of rotatable bonds is 4. The zero-order chi connectivity index (χ0) is 26.7. The van der Waals surface area contributed by atoms with Crippen LogP contribution < -0.4 is 0 Å². The predicted octanol–water partition coefficient (Wildman–Crippen LogP) is 6.01. The van der Waals surface area contributed by atoms with Gasteiger partial charge in [-0.15, -0.1) is 0 Å². The summed E-state index contributed by atoms with van der Waals surface area (Å²) in [5.41, 5.74) is 3.34. The average Bonchev–Trinajstić information content (AvgIpc) is 3.38. The fourth-order valence-corrected chi connectivity index (χ4v) is 5.68. The summed E-state index contributed by atoms with van der Waals surface area (Å²) in [4.78, 5) is 30.4. The van der Waals surface area contributed by atoms with Crippen LogP contribution in [0.2, 0.25) is 0 Å². The minimum atomic E-state index is -0.522. The van der Waals surface area contributed by atoms with E-state index < -0.39 is 5.60 Å². The van der Waals surface area contributed by atoms with Crippen LogP contribution in [-0.2, 0) is 4.74 Å². The Kier molecular flexibility index (Phi) is 7.54. The summed E-state index contributed by atoms with van der Waals surface area (Å²) in [6.45, 7) is 8.32. The van der Waals surface area contributed by atoms with Crippen LogP contribution in [-0.4, -0.2) is 63.4 Å². The number of para-hydroxylation sites is 1. The smallest absolute Gasteiger partial charge is 0.410 e. The Morgan fingerprint density at radius 3 is 2.16 bits per heavy atom. The molecule has 0 bridgehead atoms. The van der Waals surface area contributed by atoms with Crippen molar-refractivity contribution < 1.29 is 14.3 Å². The van der Waals surface area contributed by atoms with Crippen LogP contribution in [0.25, 0.3) is 5.69 Å². The molecule has 0 aliphatic carbocycles. The summed E-state index contributed by atoms with van der Waals surface area (Å²) < 4.78 is 7.52. The van der Waals surface area contributed by atoms with Gasteiger partial charge in [0.1, 0.15) is 5.60 Å². The molecule has 7 nitrogen and oxygen atoms in total. The first-order valence-electron chi connectivity index (χ1n) is 13.8. The summed E-state index contributed by atoms with van der Waals surface area (Å²) in [7, 11) is 0. The molecule has 200 valence electrons. The van der Waals surface area contributed by atoms with E-state index in [0.717, 1.165) is 50.2 Å². The van der Waals surface area contributed by atoms with Crippen molar-refractivity contribution in [2.75, 3.05) is 26.2 Å². The second-order valence-corrected chi connectivity index (χ2v) is 11.4. The maximum Gasteiger partial charge on any atom is 0.410 e. The molecule has 0 unspecified atom stereocenters. The molecule has 2 aromatic carbocycles. The third-order valence-electron chi connectivity index (χ3n) is 7.55. The summed E-state index contributed by atoms with van der Waals surface area (Å²) in [6, 6.07) is 20.5. The summed E-state index contributed by atoms with van der Waals surface area (Å²) in [5, 5.41) is 4.72. The fraction of sp³-hybridized carbons (Fsp3) is 0.452. The van der Waals surface area contributed by atoms with Crippen LogP contribution in [0.15, 0.2) is 66.9 Å². The first kappa shape index (κ1) is 26.0. The minimum absolute atomic E-state index is 0.0531. The first-order chi connectivity index (χ1) is 18.3. The lowest BCUT2D eigenvalue weighted by Crippen LogP contribution is -2.42. The van der Waals surface area contributed by atoms with Gasteiger partial charge in [0.15, 0.2) is 0 Å². The van der Waals surface area contributed by atoms with E-state index in [-0.39, 0.29) is 17.9 Å². The fourth-order valence-electron chi connectivity index (χ4n) is 5.68. The summed E-state index contributed by atoms with van der Waals surface area (Å²) in [6.07, 6.45) is 5.06. The topological polar surface area (TPSA) is 67.7 Å². The molecule has 0 saturated carbocycles. The Bertz CT molecular complexity index is 1240. The maximum atomic E-state index is 14.0. The van der Waals surface area contributed by atoms with E-state index >= 15 is 0 Å². The number of amides is 2. The van der Waals surface area contributed by atoms with Crippen molar-refractivity contribution in [3.8, 4) is 5.69 Å². The molecule has 2 aliphatic heterocycles. The molecule has 2 amide bonds. The lowest BCUT2D eigenvalue weighted by atomic mass is 9.89. The number of nitrogens with zero attached hydrogens (tertiary/aromatic N) is 4. The van der Waals surface area contributed by atoms with Gasteiger partial charge in [-0.25, -0.2) is 9.48 Å². The van der Waals surface area contributed by atoms with E-state index in [1.807, 2.05) is 66.8 Å². The van der Waals surface area contributed by atoms with Crippen molar-refractivity contribution in [3.63, 3.8) is 0 Å². The van der Waals surface area contributed by atoms with Gasteiger partial charge in [-0.3, -0.25) is 4.79 Å². The maximum absolute atomic E-state index is 14.0. The van der Waals surface area contributed by atoms with Gasteiger partial charge < -0.3 is 14.5 Å². The van der Waals surface area contributed by atoms with Gasteiger partial charge in [-0.1, -0.05) is 48.5 Å². The van der Waals surface area contributed by atoms with Crippen LogP contribution in [0.5, 0.6) is 0 Å². The number of carbonyl (C=O) groups excluding carboxylic acids is 2. The number of carbonyl (C=O) groups is 2. The van der Waals surface area contributed by atoms with Gasteiger partial charge >= 0.3 is 6.09 Å². The SMILES string of the molecule is CC(C)(C)OC(=O)N1CCC(c2c(C(=O)N3CCC[C@@H](c4ccccc4)C3)cnn2-c2ccccc2)CC1. The Labute approximate surface area is 225 Å². The number of likely N-dealkylation sites (tertiary alicyclic amines) is 2. The lowest BCUT2D eigenvalue weighted by Gasteiger charge is -2.35. The molecule has 2 aliphatic rings. The van der Waals surface area contributed by atoms with E-state index in [2.05, 4.69) is 24.3 Å². The zero-order valence-electron chi connectivity index (χ0n) is 22.7.